The largest absolute Gasteiger partial charge is 0.504 e. The molecule has 0 heterocycles. The second-order valence-corrected chi connectivity index (χ2v) is 4.08. The van der Waals surface area contributed by atoms with Crippen molar-refractivity contribution in [2.75, 3.05) is 0 Å². The molecule has 7 heteroatoms. The van der Waals surface area contributed by atoms with Crippen LogP contribution in [0.15, 0.2) is 36.4 Å². The van der Waals surface area contributed by atoms with E-state index in [0.29, 0.717) is 0 Å². The number of aromatic hydroxyl groups is 2. The van der Waals surface area contributed by atoms with E-state index in [1.807, 2.05) is 0 Å². The topological polar surface area (TPSA) is 124 Å². The van der Waals surface area contributed by atoms with E-state index in [9.17, 15) is 25.1 Å². The highest BCUT2D eigenvalue weighted by Crippen LogP contribution is 2.40. The van der Waals surface area contributed by atoms with Crippen LogP contribution in [0.2, 0.25) is 0 Å². The molecule has 0 unspecified atom stereocenters. The highest BCUT2D eigenvalue weighted by molar-refractivity contribution is 6.13. The number of nitro benzene ring substituents is 1. The van der Waals surface area contributed by atoms with Gasteiger partial charge in [0.05, 0.1) is 10.5 Å². The zero-order valence-corrected chi connectivity index (χ0v) is 10.5. The van der Waals surface area contributed by atoms with E-state index in [0.717, 1.165) is 6.07 Å². The summed E-state index contributed by atoms with van der Waals surface area (Å²) in [7, 11) is 0. The summed E-state index contributed by atoms with van der Waals surface area (Å²) < 4.78 is 0. The van der Waals surface area contributed by atoms with Gasteiger partial charge in [0.2, 0.25) is 11.5 Å². The van der Waals surface area contributed by atoms with Gasteiger partial charge in [0.15, 0.2) is 5.75 Å². The van der Waals surface area contributed by atoms with Crippen LogP contribution in [-0.2, 0) is 0 Å². The van der Waals surface area contributed by atoms with Gasteiger partial charge in [-0.05, 0) is 0 Å². The zero-order chi connectivity index (χ0) is 15.6. The fourth-order valence-electron chi connectivity index (χ4n) is 1.87. The second kappa shape index (κ2) is 5.30. The predicted molar refractivity (Wildman–Crippen MR) is 71.0 cm³/mol. The summed E-state index contributed by atoms with van der Waals surface area (Å²) in [6, 6.07) is 10.1. The molecule has 104 valence electrons. The summed E-state index contributed by atoms with van der Waals surface area (Å²) in [5.41, 5.74) is -1.79. The number of rotatable bonds is 3. The maximum absolute atomic E-state index is 12.4. The third-order valence-corrected chi connectivity index (χ3v) is 2.82. The fourth-order valence-corrected chi connectivity index (χ4v) is 1.87. The summed E-state index contributed by atoms with van der Waals surface area (Å²) in [6.07, 6.45) is 0. The fraction of sp³-hybridized carbons (Fsp3) is 0. The van der Waals surface area contributed by atoms with E-state index in [1.165, 1.54) is 12.1 Å². The first-order valence-electron chi connectivity index (χ1n) is 5.70. The number of ketones is 1. The molecule has 0 bridgehead atoms. The number of nitriles is 1. The molecule has 2 aromatic rings. The molecule has 0 amide bonds. The Labute approximate surface area is 118 Å². The van der Waals surface area contributed by atoms with Gasteiger partial charge in [0.25, 0.3) is 0 Å². The average molecular weight is 284 g/mol. The Kier molecular flexibility index (Phi) is 3.54. The quantitative estimate of drug-likeness (QED) is 0.385. The lowest BCUT2D eigenvalue weighted by molar-refractivity contribution is -0.386. The maximum Gasteiger partial charge on any atom is 0.327 e. The Morgan fingerprint density at radius 2 is 1.86 bits per heavy atom. The third-order valence-electron chi connectivity index (χ3n) is 2.82. The van der Waals surface area contributed by atoms with Crippen LogP contribution in [0.1, 0.15) is 21.5 Å². The van der Waals surface area contributed by atoms with Gasteiger partial charge >= 0.3 is 5.69 Å². The standard InChI is InChI=1S/C14H8N2O5/c15-7-9-6-10(17)14(19)12(16(20)21)11(9)13(18)8-4-2-1-3-5-8/h1-6,17,19H. The molecule has 0 aliphatic carbocycles. The van der Waals surface area contributed by atoms with Gasteiger partial charge in [-0.1, -0.05) is 30.3 Å². The molecule has 2 N–H and O–H groups in total. The minimum Gasteiger partial charge on any atom is -0.504 e. The Hall–Kier alpha value is -3.40. The van der Waals surface area contributed by atoms with Crippen LogP contribution < -0.4 is 0 Å². The Balaban J connectivity index is 2.79. The molecule has 0 aliphatic heterocycles. The van der Waals surface area contributed by atoms with Crippen molar-refractivity contribution in [1.82, 2.24) is 0 Å². The van der Waals surface area contributed by atoms with Gasteiger partial charge in [-0.25, -0.2) is 0 Å². The lowest BCUT2D eigenvalue weighted by atomic mass is 9.96. The van der Waals surface area contributed by atoms with E-state index >= 15 is 0 Å². The van der Waals surface area contributed by atoms with Gasteiger partial charge in [0, 0.05) is 11.6 Å². The smallest absolute Gasteiger partial charge is 0.327 e. The molecular weight excluding hydrogens is 276 g/mol. The van der Waals surface area contributed by atoms with Crippen molar-refractivity contribution in [3.63, 3.8) is 0 Å². The lowest BCUT2D eigenvalue weighted by Gasteiger charge is -2.07. The van der Waals surface area contributed by atoms with Crippen LogP contribution in [0.3, 0.4) is 0 Å². The second-order valence-electron chi connectivity index (χ2n) is 4.08. The molecule has 21 heavy (non-hydrogen) atoms. The highest BCUT2D eigenvalue weighted by Gasteiger charge is 2.31. The number of carbonyl (C=O) groups is 1. The number of phenolic OH excluding ortho intramolecular Hbond substituents is 2. The number of hydrogen-bond donors (Lipinski definition) is 2. The van der Waals surface area contributed by atoms with Crippen molar-refractivity contribution < 1.29 is 19.9 Å². The molecule has 0 saturated carbocycles. The summed E-state index contributed by atoms with van der Waals surface area (Å²) >= 11 is 0. The van der Waals surface area contributed by atoms with Crippen LogP contribution in [0, 0.1) is 21.4 Å². The van der Waals surface area contributed by atoms with Crippen LogP contribution >= 0.6 is 0 Å². The number of nitro groups is 1. The predicted octanol–water partition coefficient (Wildman–Crippen LogP) is 2.11. The Morgan fingerprint density at radius 3 is 2.38 bits per heavy atom. The van der Waals surface area contributed by atoms with Gasteiger partial charge in [-0.2, -0.15) is 5.26 Å². The van der Waals surface area contributed by atoms with E-state index in [-0.39, 0.29) is 11.1 Å². The Morgan fingerprint density at radius 1 is 1.24 bits per heavy atom. The van der Waals surface area contributed by atoms with Crippen molar-refractivity contribution in [3.8, 4) is 17.6 Å². The van der Waals surface area contributed by atoms with E-state index in [1.54, 1.807) is 24.3 Å². The zero-order valence-electron chi connectivity index (χ0n) is 10.5. The molecule has 0 saturated heterocycles. The van der Waals surface area contributed by atoms with Crippen LogP contribution in [0.4, 0.5) is 5.69 Å². The Bertz CT molecular complexity index is 778. The molecule has 0 fully saturated rings. The lowest BCUT2D eigenvalue weighted by Crippen LogP contribution is -2.08. The average Bonchev–Trinajstić information content (AvgIpc) is 2.49. The number of carbonyl (C=O) groups excluding carboxylic acids is 1. The summed E-state index contributed by atoms with van der Waals surface area (Å²) in [6.45, 7) is 0. The number of phenols is 2. The van der Waals surface area contributed by atoms with E-state index in [4.69, 9.17) is 5.26 Å². The van der Waals surface area contributed by atoms with Crippen molar-refractivity contribution in [2.45, 2.75) is 0 Å². The minimum atomic E-state index is -1.04. The molecule has 2 aromatic carbocycles. The maximum atomic E-state index is 12.4. The molecule has 7 nitrogen and oxygen atoms in total. The molecular formula is C14H8N2O5. The molecule has 0 aromatic heterocycles. The molecule has 2 rings (SSSR count). The SMILES string of the molecule is N#Cc1cc(O)c(O)c([N+](=O)[O-])c1C(=O)c1ccccc1. The van der Waals surface area contributed by atoms with Crippen LogP contribution in [0.25, 0.3) is 0 Å². The number of benzene rings is 2. The third kappa shape index (κ3) is 2.37. The van der Waals surface area contributed by atoms with Gasteiger partial charge < -0.3 is 10.2 Å². The number of hydrogen-bond acceptors (Lipinski definition) is 6. The normalized spacial score (nSPS) is 9.86. The number of nitrogens with zero attached hydrogens (tertiary/aromatic N) is 2. The first-order valence-corrected chi connectivity index (χ1v) is 5.70. The molecule has 0 aliphatic rings. The van der Waals surface area contributed by atoms with Crippen LogP contribution in [0.5, 0.6) is 11.5 Å². The monoisotopic (exact) mass is 284 g/mol. The van der Waals surface area contributed by atoms with E-state index in [2.05, 4.69) is 0 Å². The van der Waals surface area contributed by atoms with E-state index < -0.39 is 33.5 Å². The van der Waals surface area contributed by atoms with Crippen molar-refractivity contribution >= 4 is 11.5 Å². The van der Waals surface area contributed by atoms with Crippen molar-refractivity contribution in [3.05, 3.63) is 63.2 Å². The highest BCUT2D eigenvalue weighted by atomic mass is 16.6. The molecule has 0 atom stereocenters. The summed E-state index contributed by atoms with van der Waals surface area (Å²) in [5.74, 6) is -2.66. The van der Waals surface area contributed by atoms with Crippen molar-refractivity contribution in [2.24, 2.45) is 0 Å². The van der Waals surface area contributed by atoms with Gasteiger partial charge in [0.1, 0.15) is 11.6 Å². The van der Waals surface area contributed by atoms with Gasteiger partial charge in [-0.15, -0.1) is 0 Å². The van der Waals surface area contributed by atoms with Crippen molar-refractivity contribution in [1.29, 1.82) is 5.26 Å². The molecule has 0 radical (unpaired) electrons. The summed E-state index contributed by atoms with van der Waals surface area (Å²) in [5, 5.41) is 39.1. The first kappa shape index (κ1) is 14.0. The van der Waals surface area contributed by atoms with Crippen LogP contribution in [-0.4, -0.2) is 20.9 Å². The first-order chi connectivity index (χ1) is 9.97. The van der Waals surface area contributed by atoms with Gasteiger partial charge in [-0.3, -0.25) is 14.9 Å². The minimum absolute atomic E-state index is 0.127. The summed E-state index contributed by atoms with van der Waals surface area (Å²) in [4.78, 5) is 22.4. The molecule has 0 spiro atoms.